The van der Waals surface area contributed by atoms with Gasteiger partial charge in [0, 0.05) is 18.5 Å². The second-order valence-electron chi connectivity index (χ2n) is 5.36. The van der Waals surface area contributed by atoms with Crippen molar-refractivity contribution in [3.63, 3.8) is 0 Å². The Labute approximate surface area is 117 Å². The predicted molar refractivity (Wildman–Crippen MR) is 80.1 cm³/mol. The summed E-state index contributed by atoms with van der Waals surface area (Å²) in [5, 5.41) is 3.05. The number of nitrogens with zero attached hydrogens (tertiary/aromatic N) is 1. The molecule has 0 spiro atoms. The third-order valence-electron chi connectivity index (χ3n) is 3.62. The Morgan fingerprint density at radius 1 is 1.26 bits per heavy atom. The van der Waals surface area contributed by atoms with Crippen LogP contribution < -0.4 is 5.32 Å². The van der Waals surface area contributed by atoms with Gasteiger partial charge in [-0.25, -0.2) is 0 Å². The normalized spacial score (nSPS) is 14.2. The molecule has 1 N–H and O–H groups in total. The summed E-state index contributed by atoms with van der Waals surface area (Å²) in [6.45, 7) is 4.71. The molecule has 0 fully saturated rings. The number of rotatable bonds is 7. The van der Waals surface area contributed by atoms with Gasteiger partial charge in [-0.3, -0.25) is 4.79 Å². The molecule has 19 heavy (non-hydrogen) atoms. The largest absolute Gasteiger partial charge is 0.354 e. The summed E-state index contributed by atoms with van der Waals surface area (Å²) in [7, 11) is 4.12. The molecule has 3 nitrogen and oxygen atoms in total. The van der Waals surface area contributed by atoms with Crippen LogP contribution in [0.2, 0.25) is 0 Å². The van der Waals surface area contributed by atoms with Crippen LogP contribution in [0, 0.1) is 5.92 Å². The fourth-order valence-corrected chi connectivity index (χ4v) is 1.90. The molecule has 1 aromatic carbocycles. The van der Waals surface area contributed by atoms with E-state index in [1.54, 1.807) is 0 Å². The summed E-state index contributed by atoms with van der Waals surface area (Å²) in [6, 6.07) is 10.7. The Balaban J connectivity index is 2.52. The maximum atomic E-state index is 11.8. The van der Waals surface area contributed by atoms with Gasteiger partial charge >= 0.3 is 0 Å². The van der Waals surface area contributed by atoms with Gasteiger partial charge < -0.3 is 10.2 Å². The van der Waals surface area contributed by atoms with Gasteiger partial charge in [-0.1, -0.05) is 44.2 Å². The quantitative estimate of drug-likeness (QED) is 0.818. The Morgan fingerprint density at radius 2 is 1.89 bits per heavy atom. The molecule has 0 saturated carbocycles. The molecule has 0 saturated heterocycles. The van der Waals surface area contributed by atoms with Crippen LogP contribution in [0.15, 0.2) is 30.3 Å². The highest BCUT2D eigenvalue weighted by atomic mass is 16.1. The van der Waals surface area contributed by atoms with Gasteiger partial charge in [0.15, 0.2) is 0 Å². The molecule has 0 bridgehead atoms. The highest BCUT2D eigenvalue weighted by molar-refractivity contribution is 5.78. The maximum absolute atomic E-state index is 11.8. The van der Waals surface area contributed by atoms with Crippen LogP contribution >= 0.6 is 0 Å². The summed E-state index contributed by atoms with van der Waals surface area (Å²) in [5.74, 6) is 0.252. The zero-order chi connectivity index (χ0) is 14.3. The summed E-state index contributed by atoms with van der Waals surface area (Å²) in [6.07, 6.45) is 1.84. The summed E-state index contributed by atoms with van der Waals surface area (Å²) in [4.78, 5) is 14.0. The number of carbonyl (C=O) groups excluding carboxylic acids is 1. The van der Waals surface area contributed by atoms with E-state index in [4.69, 9.17) is 0 Å². The van der Waals surface area contributed by atoms with Crippen molar-refractivity contribution >= 4 is 5.91 Å². The van der Waals surface area contributed by atoms with Gasteiger partial charge in [-0.15, -0.1) is 0 Å². The minimum Gasteiger partial charge on any atom is -0.354 e. The van der Waals surface area contributed by atoms with E-state index in [2.05, 4.69) is 48.6 Å². The molecule has 0 heterocycles. The second-order valence-corrected chi connectivity index (χ2v) is 5.36. The molecule has 1 amide bonds. The monoisotopic (exact) mass is 262 g/mol. The van der Waals surface area contributed by atoms with Crippen molar-refractivity contribution in [2.45, 2.75) is 32.7 Å². The van der Waals surface area contributed by atoms with E-state index in [1.165, 1.54) is 5.56 Å². The lowest BCUT2D eigenvalue weighted by atomic mass is 10.0. The fourth-order valence-electron chi connectivity index (χ4n) is 1.90. The first kappa shape index (κ1) is 15.7. The Kier molecular flexibility index (Phi) is 6.57. The summed E-state index contributed by atoms with van der Waals surface area (Å²) in [5.41, 5.74) is 1.30. The minimum atomic E-state index is 0.0968. The predicted octanol–water partition coefficient (Wildman–Crippen LogP) is 2.32. The third-order valence-corrected chi connectivity index (χ3v) is 3.62. The molecule has 0 radical (unpaired) electrons. The van der Waals surface area contributed by atoms with E-state index in [9.17, 15) is 4.79 Å². The summed E-state index contributed by atoms with van der Waals surface area (Å²) >= 11 is 0. The average molecular weight is 262 g/mol. The lowest BCUT2D eigenvalue weighted by Crippen LogP contribution is -2.43. The van der Waals surface area contributed by atoms with Crippen molar-refractivity contribution in [3.05, 3.63) is 35.9 Å². The lowest BCUT2D eigenvalue weighted by Gasteiger charge is -2.25. The van der Waals surface area contributed by atoms with Crippen molar-refractivity contribution in [1.29, 1.82) is 0 Å². The first-order chi connectivity index (χ1) is 9.04. The Bertz CT molecular complexity index is 376. The number of carbonyl (C=O) groups is 1. The second kappa shape index (κ2) is 7.95. The number of benzene rings is 1. The highest BCUT2D eigenvalue weighted by Crippen LogP contribution is 2.07. The van der Waals surface area contributed by atoms with Crippen molar-refractivity contribution in [2.24, 2.45) is 5.92 Å². The minimum absolute atomic E-state index is 0.0968. The molecular weight excluding hydrogens is 236 g/mol. The van der Waals surface area contributed by atoms with Crippen LogP contribution in [0.1, 0.15) is 25.8 Å². The van der Waals surface area contributed by atoms with E-state index in [0.29, 0.717) is 12.6 Å². The molecule has 1 aromatic rings. The van der Waals surface area contributed by atoms with Gasteiger partial charge in [0.2, 0.25) is 5.91 Å². The lowest BCUT2D eigenvalue weighted by molar-refractivity contribution is -0.124. The molecule has 106 valence electrons. The topological polar surface area (TPSA) is 32.3 Å². The van der Waals surface area contributed by atoms with Crippen molar-refractivity contribution in [3.8, 4) is 0 Å². The number of likely N-dealkylation sites (N-methyl/N-ethyl adjacent to an activating group) is 1. The van der Waals surface area contributed by atoms with Crippen molar-refractivity contribution in [1.82, 2.24) is 10.2 Å². The number of amides is 1. The number of nitrogens with one attached hydrogen (secondary N) is 1. The van der Waals surface area contributed by atoms with E-state index in [1.807, 2.05) is 19.9 Å². The van der Waals surface area contributed by atoms with Gasteiger partial charge in [-0.2, -0.15) is 0 Å². The highest BCUT2D eigenvalue weighted by Gasteiger charge is 2.15. The zero-order valence-corrected chi connectivity index (χ0v) is 12.5. The molecule has 0 aliphatic carbocycles. The number of hydrogen-bond donors (Lipinski definition) is 1. The van der Waals surface area contributed by atoms with Crippen LogP contribution in [0.25, 0.3) is 0 Å². The molecule has 1 rings (SSSR count). The van der Waals surface area contributed by atoms with Gasteiger partial charge in [0.25, 0.3) is 0 Å². The van der Waals surface area contributed by atoms with E-state index >= 15 is 0 Å². The molecule has 3 heteroatoms. The third kappa shape index (κ3) is 5.43. The SMILES string of the molecule is CC[C@H](C)C(=O)NC[C@@H](Cc1ccccc1)N(C)C. The molecule has 0 aliphatic heterocycles. The first-order valence-corrected chi connectivity index (χ1v) is 7.02. The molecule has 2 atom stereocenters. The number of hydrogen-bond acceptors (Lipinski definition) is 2. The molecular formula is C16H26N2O. The van der Waals surface area contributed by atoms with Crippen LogP contribution in [0.3, 0.4) is 0 Å². The van der Waals surface area contributed by atoms with Crippen LogP contribution in [-0.4, -0.2) is 37.5 Å². The van der Waals surface area contributed by atoms with E-state index in [-0.39, 0.29) is 11.8 Å². The van der Waals surface area contributed by atoms with Gasteiger partial charge in [-0.05, 0) is 32.5 Å². The van der Waals surface area contributed by atoms with Crippen molar-refractivity contribution in [2.75, 3.05) is 20.6 Å². The van der Waals surface area contributed by atoms with Gasteiger partial charge in [0.05, 0.1) is 0 Å². The standard InChI is InChI=1S/C16H26N2O/c1-5-13(2)16(19)17-12-15(18(3)4)11-14-9-7-6-8-10-14/h6-10,13,15H,5,11-12H2,1-4H3,(H,17,19)/t13-,15+/m0/s1. The first-order valence-electron chi connectivity index (χ1n) is 7.02. The van der Waals surface area contributed by atoms with E-state index in [0.717, 1.165) is 12.8 Å². The van der Waals surface area contributed by atoms with Crippen LogP contribution in [0.4, 0.5) is 0 Å². The molecule has 0 aromatic heterocycles. The molecule has 0 unspecified atom stereocenters. The molecule has 0 aliphatic rings. The van der Waals surface area contributed by atoms with Crippen LogP contribution in [0.5, 0.6) is 0 Å². The summed E-state index contributed by atoms with van der Waals surface area (Å²) < 4.78 is 0. The van der Waals surface area contributed by atoms with Crippen molar-refractivity contribution < 1.29 is 4.79 Å². The average Bonchev–Trinajstić information content (AvgIpc) is 2.42. The Morgan fingerprint density at radius 3 is 2.42 bits per heavy atom. The van der Waals surface area contributed by atoms with Crippen LogP contribution in [-0.2, 0) is 11.2 Å². The zero-order valence-electron chi connectivity index (χ0n) is 12.5. The Hall–Kier alpha value is -1.35. The van der Waals surface area contributed by atoms with E-state index < -0.39 is 0 Å². The fraction of sp³-hybridized carbons (Fsp3) is 0.562. The van der Waals surface area contributed by atoms with Gasteiger partial charge in [0.1, 0.15) is 0 Å². The maximum Gasteiger partial charge on any atom is 0.222 e. The smallest absolute Gasteiger partial charge is 0.222 e.